The Morgan fingerprint density at radius 1 is 0.947 bits per heavy atom. The summed E-state index contributed by atoms with van der Waals surface area (Å²) in [5, 5.41) is 0. The van der Waals surface area contributed by atoms with Crippen LogP contribution in [-0.4, -0.2) is 5.96 Å². The molecule has 0 aliphatic rings. The molecule has 0 radical (unpaired) electrons. The fourth-order valence-electron chi connectivity index (χ4n) is 1.48. The van der Waals surface area contributed by atoms with Crippen molar-refractivity contribution in [1.29, 1.82) is 0 Å². The van der Waals surface area contributed by atoms with E-state index in [4.69, 9.17) is 16.2 Å². The first kappa shape index (κ1) is 12.9. The Kier molecular flexibility index (Phi) is 3.97. The highest BCUT2D eigenvalue weighted by Crippen LogP contribution is 2.21. The standard InChI is InChI=1S/C14H14FN3O/c15-11-3-7-13(8-4-11)19-12-5-1-10(2-6-12)9-18-14(16)17/h1-8H,9H2,(H4,16,17,18). The number of hydrogen-bond acceptors (Lipinski definition) is 2. The van der Waals surface area contributed by atoms with Crippen molar-refractivity contribution in [3.8, 4) is 11.5 Å². The number of nitrogens with zero attached hydrogens (tertiary/aromatic N) is 1. The zero-order valence-electron chi connectivity index (χ0n) is 10.2. The van der Waals surface area contributed by atoms with Gasteiger partial charge >= 0.3 is 0 Å². The van der Waals surface area contributed by atoms with Gasteiger partial charge in [0.25, 0.3) is 0 Å². The molecule has 4 nitrogen and oxygen atoms in total. The lowest BCUT2D eigenvalue weighted by Crippen LogP contribution is -2.22. The van der Waals surface area contributed by atoms with Gasteiger partial charge in [-0.2, -0.15) is 0 Å². The van der Waals surface area contributed by atoms with Crippen LogP contribution in [0.15, 0.2) is 53.5 Å². The molecule has 0 saturated carbocycles. The Bertz CT molecular complexity index is 560. The molecule has 2 aromatic rings. The molecule has 4 N–H and O–H groups in total. The van der Waals surface area contributed by atoms with Crippen LogP contribution in [0.1, 0.15) is 5.56 Å². The van der Waals surface area contributed by atoms with Crippen molar-refractivity contribution < 1.29 is 9.13 Å². The highest BCUT2D eigenvalue weighted by Gasteiger charge is 1.98. The van der Waals surface area contributed by atoms with Crippen molar-refractivity contribution in [2.75, 3.05) is 0 Å². The monoisotopic (exact) mass is 259 g/mol. The van der Waals surface area contributed by atoms with Crippen LogP contribution in [0.3, 0.4) is 0 Å². The van der Waals surface area contributed by atoms with Gasteiger partial charge in [0.05, 0.1) is 6.54 Å². The van der Waals surface area contributed by atoms with Crippen molar-refractivity contribution in [3.63, 3.8) is 0 Å². The summed E-state index contributed by atoms with van der Waals surface area (Å²) in [6.45, 7) is 0.430. The van der Waals surface area contributed by atoms with Gasteiger partial charge in [-0.1, -0.05) is 12.1 Å². The second kappa shape index (κ2) is 5.86. The van der Waals surface area contributed by atoms with E-state index in [1.807, 2.05) is 12.1 Å². The van der Waals surface area contributed by atoms with E-state index < -0.39 is 0 Å². The average Bonchev–Trinajstić information content (AvgIpc) is 2.40. The van der Waals surface area contributed by atoms with Crippen LogP contribution in [-0.2, 0) is 6.54 Å². The Hall–Kier alpha value is -2.56. The molecule has 5 heteroatoms. The summed E-state index contributed by atoms with van der Waals surface area (Å²) in [6.07, 6.45) is 0. The van der Waals surface area contributed by atoms with Crippen LogP contribution >= 0.6 is 0 Å². The van der Waals surface area contributed by atoms with Crippen LogP contribution in [0.4, 0.5) is 4.39 Å². The van der Waals surface area contributed by atoms with E-state index in [0.29, 0.717) is 18.0 Å². The minimum atomic E-state index is -0.292. The lowest BCUT2D eigenvalue weighted by Gasteiger charge is -2.06. The van der Waals surface area contributed by atoms with Crippen molar-refractivity contribution in [2.24, 2.45) is 16.5 Å². The Balaban J connectivity index is 2.02. The fourth-order valence-corrected chi connectivity index (χ4v) is 1.48. The smallest absolute Gasteiger partial charge is 0.186 e. The van der Waals surface area contributed by atoms with Crippen LogP contribution < -0.4 is 16.2 Å². The fraction of sp³-hybridized carbons (Fsp3) is 0.0714. The van der Waals surface area contributed by atoms with E-state index >= 15 is 0 Å². The van der Waals surface area contributed by atoms with Crippen molar-refractivity contribution >= 4 is 5.96 Å². The summed E-state index contributed by atoms with van der Waals surface area (Å²) < 4.78 is 18.3. The number of benzene rings is 2. The third-order valence-corrected chi connectivity index (χ3v) is 2.42. The summed E-state index contributed by atoms with van der Waals surface area (Å²) in [5.41, 5.74) is 11.5. The normalized spacial score (nSPS) is 9.95. The molecule has 0 saturated heterocycles. The lowest BCUT2D eigenvalue weighted by atomic mass is 10.2. The summed E-state index contributed by atoms with van der Waals surface area (Å²) >= 11 is 0. The molecule has 0 unspecified atom stereocenters. The maximum absolute atomic E-state index is 12.7. The molecule has 0 fully saturated rings. The van der Waals surface area contributed by atoms with E-state index in [-0.39, 0.29) is 11.8 Å². The predicted molar refractivity (Wildman–Crippen MR) is 72.4 cm³/mol. The molecule has 2 aromatic carbocycles. The molecule has 19 heavy (non-hydrogen) atoms. The van der Waals surface area contributed by atoms with Crippen molar-refractivity contribution in [1.82, 2.24) is 0 Å². The van der Waals surface area contributed by atoms with E-state index in [9.17, 15) is 4.39 Å². The Morgan fingerprint density at radius 2 is 1.47 bits per heavy atom. The number of ether oxygens (including phenoxy) is 1. The number of aliphatic imine (C=N–C) groups is 1. The summed E-state index contributed by atoms with van der Waals surface area (Å²) in [7, 11) is 0. The summed E-state index contributed by atoms with van der Waals surface area (Å²) in [5.74, 6) is 1.02. The number of guanidine groups is 1. The lowest BCUT2D eigenvalue weighted by molar-refractivity contribution is 0.480. The topological polar surface area (TPSA) is 73.6 Å². The molecule has 0 bridgehead atoms. The van der Waals surface area contributed by atoms with Gasteiger partial charge in [0.2, 0.25) is 0 Å². The maximum Gasteiger partial charge on any atom is 0.186 e. The van der Waals surface area contributed by atoms with Crippen LogP contribution in [0, 0.1) is 5.82 Å². The van der Waals surface area contributed by atoms with Crippen LogP contribution in [0.25, 0.3) is 0 Å². The molecular weight excluding hydrogens is 245 g/mol. The van der Waals surface area contributed by atoms with Gasteiger partial charge in [-0.25, -0.2) is 9.38 Å². The molecule has 0 aromatic heterocycles. The molecule has 0 heterocycles. The Morgan fingerprint density at radius 3 is 2.00 bits per heavy atom. The van der Waals surface area contributed by atoms with E-state index in [0.717, 1.165) is 5.56 Å². The third kappa shape index (κ3) is 3.99. The van der Waals surface area contributed by atoms with E-state index in [2.05, 4.69) is 4.99 Å². The minimum Gasteiger partial charge on any atom is -0.457 e. The average molecular weight is 259 g/mol. The van der Waals surface area contributed by atoms with Crippen molar-refractivity contribution in [2.45, 2.75) is 6.54 Å². The number of nitrogens with two attached hydrogens (primary N) is 2. The largest absolute Gasteiger partial charge is 0.457 e. The minimum absolute atomic E-state index is 0.0617. The number of halogens is 1. The number of rotatable bonds is 4. The zero-order chi connectivity index (χ0) is 13.7. The molecule has 0 aliphatic heterocycles. The second-order valence-corrected chi connectivity index (χ2v) is 3.94. The summed E-state index contributed by atoms with van der Waals surface area (Å²) in [6, 6.07) is 13.2. The van der Waals surface area contributed by atoms with Gasteiger partial charge in [0.15, 0.2) is 5.96 Å². The molecule has 2 rings (SSSR count). The first-order valence-electron chi connectivity index (χ1n) is 5.71. The first-order chi connectivity index (χ1) is 9.13. The SMILES string of the molecule is NC(N)=NCc1ccc(Oc2ccc(F)cc2)cc1. The maximum atomic E-state index is 12.7. The highest BCUT2D eigenvalue weighted by molar-refractivity contribution is 5.75. The zero-order valence-corrected chi connectivity index (χ0v) is 10.2. The molecular formula is C14H14FN3O. The third-order valence-electron chi connectivity index (χ3n) is 2.42. The van der Waals surface area contributed by atoms with Crippen molar-refractivity contribution in [3.05, 3.63) is 59.9 Å². The van der Waals surface area contributed by atoms with Gasteiger partial charge in [-0.15, -0.1) is 0 Å². The molecule has 0 spiro atoms. The molecule has 0 aliphatic carbocycles. The van der Waals surface area contributed by atoms with Gasteiger partial charge in [0, 0.05) is 0 Å². The molecule has 0 atom stereocenters. The van der Waals surface area contributed by atoms with E-state index in [1.54, 1.807) is 24.3 Å². The van der Waals surface area contributed by atoms with Gasteiger partial charge in [0.1, 0.15) is 17.3 Å². The van der Waals surface area contributed by atoms with Gasteiger partial charge in [-0.05, 0) is 42.0 Å². The van der Waals surface area contributed by atoms with Gasteiger partial charge < -0.3 is 16.2 Å². The summed E-state index contributed by atoms with van der Waals surface area (Å²) in [4.78, 5) is 3.91. The van der Waals surface area contributed by atoms with Gasteiger partial charge in [-0.3, -0.25) is 0 Å². The predicted octanol–water partition coefficient (Wildman–Crippen LogP) is 2.39. The molecule has 0 amide bonds. The van der Waals surface area contributed by atoms with Crippen LogP contribution in [0.5, 0.6) is 11.5 Å². The highest BCUT2D eigenvalue weighted by atomic mass is 19.1. The molecule has 98 valence electrons. The Labute approximate surface area is 110 Å². The van der Waals surface area contributed by atoms with Crippen LogP contribution in [0.2, 0.25) is 0 Å². The quantitative estimate of drug-likeness (QED) is 0.654. The second-order valence-electron chi connectivity index (χ2n) is 3.94. The number of hydrogen-bond donors (Lipinski definition) is 2. The first-order valence-corrected chi connectivity index (χ1v) is 5.71. The van der Waals surface area contributed by atoms with E-state index in [1.165, 1.54) is 12.1 Å².